The standard InChI is InChI=1S/C19H14FNO5S/c1-26-19(25)16-17(24)15(8-10-5-6-13(22)14(23)7-10)27-18(16)21-12-4-2-3-11(20)9-12/h2-9,22-24H,1H3/b15-8+,21-18?. The van der Waals surface area contributed by atoms with Crippen LogP contribution in [0.5, 0.6) is 11.5 Å². The molecule has 1 aliphatic rings. The molecule has 2 aromatic rings. The minimum atomic E-state index is -0.785. The lowest BCUT2D eigenvalue weighted by Gasteiger charge is -2.02. The third-order valence-electron chi connectivity index (χ3n) is 3.62. The smallest absolute Gasteiger partial charge is 0.344 e. The largest absolute Gasteiger partial charge is 0.506 e. The number of phenols is 2. The number of rotatable bonds is 3. The topological polar surface area (TPSA) is 99.4 Å². The van der Waals surface area contributed by atoms with E-state index in [9.17, 15) is 24.5 Å². The molecule has 0 unspecified atom stereocenters. The lowest BCUT2D eigenvalue weighted by molar-refractivity contribution is -0.135. The predicted molar refractivity (Wildman–Crippen MR) is 101 cm³/mol. The quantitative estimate of drug-likeness (QED) is 0.543. The maximum absolute atomic E-state index is 13.4. The number of phenolic OH excluding ortho intramolecular Hbond substituents is 2. The monoisotopic (exact) mass is 387 g/mol. The van der Waals surface area contributed by atoms with Gasteiger partial charge in [-0.15, -0.1) is 0 Å². The Hall–Kier alpha value is -3.26. The van der Waals surface area contributed by atoms with E-state index in [1.54, 1.807) is 6.07 Å². The third-order valence-corrected chi connectivity index (χ3v) is 4.64. The fourth-order valence-electron chi connectivity index (χ4n) is 2.34. The molecule has 0 aromatic heterocycles. The number of halogens is 1. The van der Waals surface area contributed by atoms with E-state index < -0.39 is 11.8 Å². The minimum Gasteiger partial charge on any atom is -0.506 e. The van der Waals surface area contributed by atoms with Gasteiger partial charge in [-0.2, -0.15) is 0 Å². The van der Waals surface area contributed by atoms with Crippen LogP contribution in [-0.2, 0) is 9.53 Å². The molecule has 2 aromatic carbocycles. The number of aliphatic imine (C=N–C) groups is 1. The Morgan fingerprint density at radius 2 is 1.93 bits per heavy atom. The first-order valence-electron chi connectivity index (χ1n) is 7.67. The van der Waals surface area contributed by atoms with Crippen LogP contribution < -0.4 is 0 Å². The van der Waals surface area contributed by atoms with Gasteiger partial charge in [0.05, 0.1) is 17.7 Å². The van der Waals surface area contributed by atoms with Gasteiger partial charge in [-0.1, -0.05) is 23.9 Å². The first kappa shape index (κ1) is 18.5. The van der Waals surface area contributed by atoms with Gasteiger partial charge in [0.2, 0.25) is 0 Å². The molecule has 138 valence electrons. The Morgan fingerprint density at radius 3 is 2.59 bits per heavy atom. The van der Waals surface area contributed by atoms with Crippen molar-refractivity contribution in [1.82, 2.24) is 0 Å². The molecule has 1 heterocycles. The molecule has 0 spiro atoms. The highest BCUT2D eigenvalue weighted by molar-refractivity contribution is 8.18. The second kappa shape index (κ2) is 7.55. The van der Waals surface area contributed by atoms with Gasteiger partial charge in [-0.3, -0.25) is 0 Å². The van der Waals surface area contributed by atoms with Gasteiger partial charge in [0.1, 0.15) is 22.2 Å². The number of aliphatic hydroxyl groups excluding tert-OH is 1. The number of carbonyl (C=O) groups is 1. The Morgan fingerprint density at radius 1 is 1.15 bits per heavy atom. The zero-order valence-electron chi connectivity index (χ0n) is 14.0. The molecule has 6 nitrogen and oxygen atoms in total. The second-order valence-electron chi connectivity index (χ2n) is 5.47. The number of aromatic hydroxyl groups is 2. The number of aliphatic hydroxyl groups is 1. The Kier molecular flexibility index (Phi) is 5.18. The average Bonchev–Trinajstić information content (AvgIpc) is 2.93. The van der Waals surface area contributed by atoms with E-state index in [2.05, 4.69) is 4.99 Å². The van der Waals surface area contributed by atoms with Crippen LogP contribution in [0.1, 0.15) is 5.56 Å². The van der Waals surface area contributed by atoms with Gasteiger partial charge in [0.15, 0.2) is 11.5 Å². The Balaban J connectivity index is 2.05. The molecular weight excluding hydrogens is 373 g/mol. The van der Waals surface area contributed by atoms with Crippen LogP contribution in [-0.4, -0.2) is 33.4 Å². The summed E-state index contributed by atoms with van der Waals surface area (Å²) in [5, 5.41) is 29.6. The highest BCUT2D eigenvalue weighted by Gasteiger charge is 2.33. The van der Waals surface area contributed by atoms with E-state index in [1.807, 2.05) is 0 Å². The van der Waals surface area contributed by atoms with E-state index >= 15 is 0 Å². The number of ether oxygens (including phenoxy) is 1. The fraction of sp³-hybridized carbons (Fsp3) is 0.0526. The summed E-state index contributed by atoms with van der Waals surface area (Å²) in [6.07, 6.45) is 1.51. The summed E-state index contributed by atoms with van der Waals surface area (Å²) < 4.78 is 18.1. The van der Waals surface area contributed by atoms with E-state index in [1.165, 1.54) is 49.6 Å². The highest BCUT2D eigenvalue weighted by atomic mass is 32.2. The van der Waals surface area contributed by atoms with Gasteiger partial charge in [0, 0.05) is 0 Å². The van der Waals surface area contributed by atoms with Gasteiger partial charge >= 0.3 is 5.97 Å². The number of esters is 1. The molecule has 0 bridgehead atoms. The summed E-state index contributed by atoms with van der Waals surface area (Å²) in [5.74, 6) is -2.21. The van der Waals surface area contributed by atoms with Crippen LogP contribution in [0.25, 0.3) is 6.08 Å². The summed E-state index contributed by atoms with van der Waals surface area (Å²) in [5.41, 5.74) is 0.617. The first-order chi connectivity index (χ1) is 12.9. The van der Waals surface area contributed by atoms with Crippen molar-refractivity contribution in [2.45, 2.75) is 0 Å². The lowest BCUT2D eigenvalue weighted by atomic mass is 10.1. The van der Waals surface area contributed by atoms with Crippen molar-refractivity contribution in [3.05, 3.63) is 70.1 Å². The zero-order chi connectivity index (χ0) is 19.6. The molecule has 27 heavy (non-hydrogen) atoms. The SMILES string of the molecule is COC(=O)C1=C(O)/C(=C\c2ccc(O)c(O)c2)SC1=Nc1cccc(F)c1. The van der Waals surface area contributed by atoms with Crippen LogP contribution in [0.2, 0.25) is 0 Å². The number of thioether (sulfide) groups is 1. The maximum Gasteiger partial charge on any atom is 0.344 e. The number of carbonyl (C=O) groups excluding carboxylic acids is 1. The summed E-state index contributed by atoms with van der Waals surface area (Å²) in [7, 11) is 1.17. The Labute approximate surface area is 157 Å². The maximum atomic E-state index is 13.4. The molecule has 0 amide bonds. The summed E-state index contributed by atoms with van der Waals surface area (Å²) >= 11 is 0.996. The highest BCUT2D eigenvalue weighted by Crippen LogP contribution is 2.40. The second-order valence-corrected chi connectivity index (χ2v) is 6.50. The van der Waals surface area contributed by atoms with Gasteiger partial charge < -0.3 is 20.1 Å². The summed E-state index contributed by atoms with van der Waals surface area (Å²) in [6.45, 7) is 0. The van der Waals surface area contributed by atoms with E-state index in [0.29, 0.717) is 5.56 Å². The van der Waals surface area contributed by atoms with Crippen LogP contribution in [0.4, 0.5) is 10.1 Å². The van der Waals surface area contributed by atoms with Crippen molar-refractivity contribution in [2.75, 3.05) is 7.11 Å². The summed E-state index contributed by atoms with van der Waals surface area (Å²) in [4.78, 5) is 16.6. The molecule has 0 saturated heterocycles. The Bertz CT molecular complexity index is 1010. The number of benzene rings is 2. The van der Waals surface area contributed by atoms with E-state index in [4.69, 9.17) is 4.74 Å². The summed E-state index contributed by atoms with van der Waals surface area (Å²) in [6, 6.07) is 9.62. The molecule has 0 aliphatic carbocycles. The molecule has 0 fully saturated rings. The minimum absolute atomic E-state index is 0.138. The lowest BCUT2D eigenvalue weighted by Crippen LogP contribution is -2.10. The van der Waals surface area contributed by atoms with E-state index in [0.717, 1.165) is 11.8 Å². The molecule has 8 heteroatoms. The molecular formula is C19H14FNO5S. The first-order valence-corrected chi connectivity index (χ1v) is 8.49. The van der Waals surface area contributed by atoms with Crippen molar-refractivity contribution in [1.29, 1.82) is 0 Å². The van der Waals surface area contributed by atoms with Gasteiger partial charge in [-0.25, -0.2) is 14.2 Å². The van der Waals surface area contributed by atoms with Crippen molar-refractivity contribution in [3.8, 4) is 11.5 Å². The number of hydrogen-bond donors (Lipinski definition) is 3. The number of methoxy groups -OCH3 is 1. The predicted octanol–water partition coefficient (Wildman–Crippen LogP) is 4.04. The number of hydrogen-bond acceptors (Lipinski definition) is 7. The molecule has 1 aliphatic heterocycles. The van der Waals surface area contributed by atoms with Crippen molar-refractivity contribution >= 4 is 34.5 Å². The van der Waals surface area contributed by atoms with Gasteiger partial charge in [-0.05, 0) is 42.0 Å². The van der Waals surface area contributed by atoms with Crippen LogP contribution in [0.3, 0.4) is 0 Å². The molecule has 0 saturated carbocycles. The molecule has 0 atom stereocenters. The fourth-order valence-corrected chi connectivity index (χ4v) is 3.37. The van der Waals surface area contributed by atoms with Crippen LogP contribution in [0, 0.1) is 5.82 Å². The average molecular weight is 387 g/mol. The van der Waals surface area contributed by atoms with Crippen LogP contribution in [0.15, 0.2) is 63.7 Å². The van der Waals surface area contributed by atoms with Crippen molar-refractivity contribution in [3.63, 3.8) is 0 Å². The van der Waals surface area contributed by atoms with Crippen molar-refractivity contribution < 1.29 is 29.2 Å². The number of nitrogens with zero attached hydrogens (tertiary/aromatic N) is 1. The third kappa shape index (κ3) is 3.95. The normalized spacial score (nSPS) is 17.0. The van der Waals surface area contributed by atoms with E-state index in [-0.39, 0.29) is 38.5 Å². The van der Waals surface area contributed by atoms with Crippen molar-refractivity contribution in [2.24, 2.45) is 4.99 Å². The van der Waals surface area contributed by atoms with Crippen LogP contribution >= 0.6 is 11.8 Å². The molecule has 3 rings (SSSR count). The molecule has 0 radical (unpaired) electrons. The zero-order valence-corrected chi connectivity index (χ0v) is 14.8. The molecule has 3 N–H and O–H groups in total. The van der Waals surface area contributed by atoms with Gasteiger partial charge in [0.25, 0.3) is 0 Å².